The number of carbonyl (C=O) groups is 1. The molecule has 162 valence electrons. The van der Waals surface area contributed by atoms with Gasteiger partial charge in [-0.2, -0.15) is 0 Å². The summed E-state index contributed by atoms with van der Waals surface area (Å²) in [5, 5.41) is 5.50. The molecule has 2 atom stereocenters. The van der Waals surface area contributed by atoms with Gasteiger partial charge in [0.05, 0.1) is 37.1 Å². The Bertz CT molecular complexity index is 1060. The molecule has 0 bridgehead atoms. The van der Waals surface area contributed by atoms with Crippen LogP contribution in [0.5, 0.6) is 5.19 Å². The predicted molar refractivity (Wildman–Crippen MR) is 124 cm³/mol. The van der Waals surface area contributed by atoms with Gasteiger partial charge in [0.15, 0.2) is 0 Å². The highest BCUT2D eigenvalue weighted by Gasteiger charge is 2.30. The molecule has 2 aromatic heterocycles. The van der Waals surface area contributed by atoms with E-state index in [1.807, 2.05) is 29.6 Å². The molecule has 4 rings (SSSR count). The minimum absolute atomic E-state index is 0.0345. The molecule has 1 aliphatic carbocycles. The first-order valence-electron chi connectivity index (χ1n) is 9.96. The number of hydrogen-bond donors (Lipinski definition) is 2. The average Bonchev–Trinajstić information content (AvgIpc) is 3.43. The number of amides is 1. The van der Waals surface area contributed by atoms with Crippen molar-refractivity contribution in [2.45, 2.75) is 38.0 Å². The standard InChI is InChI=1S/C22H23BrN4O3S/c1-29-22-27-18(12-31-22)14-9-16(20(24)25-10-14)21(28)26-17-3-2-4-19(17)30-11-13-5-7-15(23)8-6-13/h5-10,12,17,19H,2-4,11H2,1H3,(H2,24,25)(H,26,28)/t17-,19-/m0/s1. The van der Waals surface area contributed by atoms with Gasteiger partial charge in [-0.1, -0.05) is 39.4 Å². The van der Waals surface area contributed by atoms with Gasteiger partial charge < -0.3 is 20.5 Å². The van der Waals surface area contributed by atoms with Crippen LogP contribution in [0.15, 0.2) is 46.4 Å². The van der Waals surface area contributed by atoms with Crippen molar-refractivity contribution in [3.63, 3.8) is 0 Å². The Labute approximate surface area is 193 Å². The van der Waals surface area contributed by atoms with Crippen molar-refractivity contribution in [2.75, 3.05) is 12.8 Å². The van der Waals surface area contributed by atoms with Crippen molar-refractivity contribution in [3.05, 3.63) is 57.5 Å². The summed E-state index contributed by atoms with van der Waals surface area (Å²) in [4.78, 5) is 21.5. The predicted octanol–water partition coefficient (Wildman–Crippen LogP) is 4.43. The van der Waals surface area contributed by atoms with Crippen LogP contribution in [0.4, 0.5) is 5.82 Å². The van der Waals surface area contributed by atoms with Crippen molar-refractivity contribution in [1.82, 2.24) is 15.3 Å². The third-order valence-electron chi connectivity index (χ3n) is 5.26. The summed E-state index contributed by atoms with van der Waals surface area (Å²) in [5.74, 6) is -0.0630. The number of rotatable bonds is 7. The van der Waals surface area contributed by atoms with Crippen LogP contribution in [0.3, 0.4) is 0 Å². The molecule has 2 heterocycles. The van der Waals surface area contributed by atoms with Gasteiger partial charge in [0.1, 0.15) is 5.82 Å². The van der Waals surface area contributed by atoms with Gasteiger partial charge in [0.2, 0.25) is 0 Å². The van der Waals surface area contributed by atoms with Crippen molar-refractivity contribution >= 4 is 39.0 Å². The number of hydrogen-bond acceptors (Lipinski definition) is 7. The van der Waals surface area contributed by atoms with Gasteiger partial charge in [-0.25, -0.2) is 9.97 Å². The van der Waals surface area contributed by atoms with E-state index >= 15 is 0 Å². The van der Waals surface area contributed by atoms with Crippen LogP contribution in [0, 0.1) is 0 Å². The smallest absolute Gasteiger partial charge is 0.273 e. The summed E-state index contributed by atoms with van der Waals surface area (Å²) in [7, 11) is 1.57. The summed E-state index contributed by atoms with van der Waals surface area (Å²) in [6.07, 6.45) is 4.36. The summed E-state index contributed by atoms with van der Waals surface area (Å²) < 4.78 is 12.3. The highest BCUT2D eigenvalue weighted by Crippen LogP contribution is 2.28. The number of nitrogen functional groups attached to an aromatic ring is 1. The topological polar surface area (TPSA) is 99.4 Å². The highest BCUT2D eigenvalue weighted by atomic mass is 79.9. The molecular formula is C22H23BrN4O3S. The molecule has 7 nitrogen and oxygen atoms in total. The average molecular weight is 503 g/mol. The zero-order valence-corrected chi connectivity index (χ0v) is 19.4. The molecule has 9 heteroatoms. The second-order valence-electron chi connectivity index (χ2n) is 7.35. The van der Waals surface area contributed by atoms with Crippen molar-refractivity contribution in [1.29, 1.82) is 0 Å². The molecular weight excluding hydrogens is 480 g/mol. The molecule has 0 spiro atoms. The van der Waals surface area contributed by atoms with E-state index in [0.717, 1.165) is 29.3 Å². The van der Waals surface area contributed by atoms with E-state index in [1.54, 1.807) is 19.4 Å². The van der Waals surface area contributed by atoms with Crippen molar-refractivity contribution < 1.29 is 14.3 Å². The molecule has 0 aliphatic heterocycles. The van der Waals surface area contributed by atoms with Gasteiger partial charge in [-0.3, -0.25) is 4.79 Å². The Hall–Kier alpha value is -2.49. The van der Waals surface area contributed by atoms with Crippen LogP contribution >= 0.6 is 27.3 Å². The summed E-state index contributed by atoms with van der Waals surface area (Å²) in [5.41, 5.74) is 8.85. The molecule has 0 saturated heterocycles. The first-order valence-corrected chi connectivity index (χ1v) is 11.6. The number of nitrogens with zero attached hydrogens (tertiary/aromatic N) is 2. The highest BCUT2D eigenvalue weighted by molar-refractivity contribution is 9.10. The Morgan fingerprint density at radius 2 is 2.13 bits per heavy atom. The number of nitrogens with one attached hydrogen (secondary N) is 1. The minimum Gasteiger partial charge on any atom is -0.473 e. The van der Waals surface area contributed by atoms with Crippen LogP contribution in [-0.2, 0) is 11.3 Å². The van der Waals surface area contributed by atoms with Crippen LogP contribution < -0.4 is 15.8 Å². The lowest BCUT2D eigenvalue weighted by atomic mass is 10.1. The summed E-state index contributed by atoms with van der Waals surface area (Å²) >= 11 is 4.82. The number of aromatic nitrogens is 2. The van der Waals surface area contributed by atoms with Crippen LogP contribution in [0.2, 0.25) is 0 Å². The monoisotopic (exact) mass is 502 g/mol. The third kappa shape index (κ3) is 5.23. The van der Waals surface area contributed by atoms with E-state index < -0.39 is 0 Å². The van der Waals surface area contributed by atoms with Gasteiger partial charge >= 0.3 is 0 Å². The maximum Gasteiger partial charge on any atom is 0.273 e. The van der Waals surface area contributed by atoms with Crippen LogP contribution in [0.25, 0.3) is 11.3 Å². The Morgan fingerprint density at radius 3 is 2.87 bits per heavy atom. The number of nitrogens with two attached hydrogens (primary N) is 1. The molecule has 0 unspecified atom stereocenters. The van der Waals surface area contributed by atoms with Gasteiger partial charge in [0.25, 0.3) is 11.1 Å². The lowest BCUT2D eigenvalue weighted by Gasteiger charge is -2.22. The van der Waals surface area contributed by atoms with Crippen molar-refractivity contribution in [3.8, 4) is 16.5 Å². The summed E-state index contributed by atoms with van der Waals surface area (Å²) in [6, 6.07) is 9.69. The van der Waals surface area contributed by atoms with Crippen LogP contribution in [0.1, 0.15) is 35.2 Å². The molecule has 3 aromatic rings. The maximum atomic E-state index is 13.0. The fraction of sp³-hybridized carbons (Fsp3) is 0.318. The zero-order chi connectivity index (χ0) is 21.8. The Kier molecular flexibility index (Phi) is 6.84. The molecule has 1 amide bonds. The van der Waals surface area contributed by atoms with Gasteiger partial charge in [-0.05, 0) is 43.0 Å². The fourth-order valence-electron chi connectivity index (χ4n) is 3.60. The normalized spacial score (nSPS) is 18.1. The molecule has 1 aromatic carbocycles. The number of anilines is 1. The van der Waals surface area contributed by atoms with Gasteiger partial charge in [-0.15, -0.1) is 0 Å². The molecule has 1 fully saturated rings. The number of methoxy groups -OCH3 is 1. The van der Waals surface area contributed by atoms with E-state index in [2.05, 4.69) is 31.2 Å². The SMILES string of the molecule is COc1nc(-c2cnc(N)c(C(=O)N[C@H]3CCC[C@@H]3OCc3ccc(Br)cc3)c2)cs1. The largest absolute Gasteiger partial charge is 0.473 e. The summed E-state index contributed by atoms with van der Waals surface area (Å²) in [6.45, 7) is 0.509. The van der Waals surface area contributed by atoms with E-state index in [-0.39, 0.29) is 23.9 Å². The Balaban J connectivity index is 1.43. The first-order chi connectivity index (χ1) is 15.0. The third-order valence-corrected chi connectivity index (χ3v) is 6.59. The van der Waals surface area contributed by atoms with E-state index in [1.165, 1.54) is 11.3 Å². The van der Waals surface area contributed by atoms with E-state index in [4.69, 9.17) is 15.2 Å². The minimum atomic E-state index is -0.252. The zero-order valence-electron chi connectivity index (χ0n) is 17.0. The van der Waals surface area contributed by atoms with Gasteiger partial charge in [0, 0.05) is 21.6 Å². The van der Waals surface area contributed by atoms with Crippen molar-refractivity contribution in [2.24, 2.45) is 0 Å². The molecule has 1 saturated carbocycles. The molecule has 3 N–H and O–H groups in total. The molecule has 1 aliphatic rings. The number of ether oxygens (including phenoxy) is 2. The number of thiazole rings is 1. The quantitative estimate of drug-likeness (QED) is 0.495. The lowest BCUT2D eigenvalue weighted by molar-refractivity contribution is 0.0272. The second-order valence-corrected chi connectivity index (χ2v) is 9.08. The molecule has 0 radical (unpaired) electrons. The lowest BCUT2D eigenvalue weighted by Crippen LogP contribution is -2.41. The molecule has 31 heavy (non-hydrogen) atoms. The van der Waals surface area contributed by atoms with Crippen LogP contribution in [-0.4, -0.2) is 35.1 Å². The number of pyridine rings is 1. The van der Waals surface area contributed by atoms with E-state index in [0.29, 0.717) is 28.6 Å². The first kappa shape index (κ1) is 21.7. The second kappa shape index (κ2) is 9.76. The Morgan fingerprint density at radius 1 is 1.32 bits per heavy atom. The van der Waals surface area contributed by atoms with E-state index in [9.17, 15) is 4.79 Å². The number of halogens is 1. The number of benzene rings is 1. The fourth-order valence-corrected chi connectivity index (χ4v) is 4.51. The maximum absolute atomic E-state index is 13.0. The number of carbonyl (C=O) groups excluding carboxylic acids is 1.